The normalized spacial score (nSPS) is 16.1. The van der Waals surface area contributed by atoms with Crippen molar-refractivity contribution in [2.24, 2.45) is 0 Å². The van der Waals surface area contributed by atoms with Crippen molar-refractivity contribution in [2.45, 2.75) is 50.3 Å². The van der Waals surface area contributed by atoms with Crippen LogP contribution in [0, 0.1) is 0 Å². The first kappa shape index (κ1) is 20.6. The standard InChI is InChI=1S/C23H28N4O2S/c28-22(25-20-10-4-1-2-5-11-20)18-30(29)17-19-16-24-27(21-12-6-3-7-13-21)23(19)26-14-8-9-15-26/h3,6-9,12-16,20H,1-2,4-5,10-11,17-18H2,(H,25,28)/t30-/m1/s1. The van der Waals surface area contributed by atoms with E-state index in [1.165, 1.54) is 12.8 Å². The summed E-state index contributed by atoms with van der Waals surface area (Å²) in [5.41, 5.74) is 1.79. The molecule has 1 aliphatic rings. The summed E-state index contributed by atoms with van der Waals surface area (Å²) in [6.07, 6.45) is 12.5. The zero-order valence-electron chi connectivity index (χ0n) is 17.1. The third kappa shape index (κ3) is 5.08. The number of amides is 1. The molecule has 1 N–H and O–H groups in total. The molecule has 6 nitrogen and oxygen atoms in total. The molecule has 1 aromatic carbocycles. The van der Waals surface area contributed by atoms with Gasteiger partial charge < -0.3 is 9.88 Å². The lowest BCUT2D eigenvalue weighted by atomic mass is 10.1. The number of carbonyl (C=O) groups is 1. The van der Waals surface area contributed by atoms with Crippen LogP contribution in [-0.2, 0) is 21.3 Å². The second-order valence-corrected chi connectivity index (χ2v) is 9.27. The fourth-order valence-electron chi connectivity index (χ4n) is 4.05. The van der Waals surface area contributed by atoms with Crippen LogP contribution in [0.1, 0.15) is 44.1 Å². The van der Waals surface area contributed by atoms with E-state index >= 15 is 0 Å². The second kappa shape index (κ2) is 9.89. The molecule has 0 unspecified atom stereocenters. The number of para-hydroxylation sites is 1. The molecule has 1 amide bonds. The number of nitrogens with zero attached hydrogens (tertiary/aromatic N) is 3. The second-order valence-electron chi connectivity index (χ2n) is 7.82. The molecule has 2 heterocycles. The van der Waals surface area contributed by atoms with Gasteiger partial charge in [-0.3, -0.25) is 9.00 Å². The van der Waals surface area contributed by atoms with Crippen molar-refractivity contribution in [3.8, 4) is 11.5 Å². The molecule has 0 bridgehead atoms. The lowest BCUT2D eigenvalue weighted by Crippen LogP contribution is -2.37. The van der Waals surface area contributed by atoms with Crippen LogP contribution in [-0.4, -0.2) is 36.3 Å². The summed E-state index contributed by atoms with van der Waals surface area (Å²) in [5.74, 6) is 1.05. The third-order valence-corrected chi connectivity index (χ3v) is 6.71. The number of aromatic nitrogens is 3. The summed E-state index contributed by atoms with van der Waals surface area (Å²) in [7, 11) is -1.30. The van der Waals surface area contributed by atoms with Crippen LogP contribution in [0.2, 0.25) is 0 Å². The molecule has 1 fully saturated rings. The summed E-state index contributed by atoms with van der Waals surface area (Å²) in [5, 5.41) is 7.63. The summed E-state index contributed by atoms with van der Waals surface area (Å²) in [4.78, 5) is 12.4. The number of carbonyl (C=O) groups excluding carboxylic acids is 1. The molecule has 30 heavy (non-hydrogen) atoms. The maximum Gasteiger partial charge on any atom is 0.232 e. The van der Waals surface area contributed by atoms with E-state index < -0.39 is 10.8 Å². The van der Waals surface area contributed by atoms with Gasteiger partial charge in [0.2, 0.25) is 5.91 Å². The molecule has 0 saturated heterocycles. The Labute approximate surface area is 179 Å². The number of benzene rings is 1. The number of hydrogen-bond donors (Lipinski definition) is 1. The van der Waals surface area contributed by atoms with Gasteiger partial charge in [-0.05, 0) is 37.1 Å². The molecule has 158 valence electrons. The minimum Gasteiger partial charge on any atom is -0.353 e. The zero-order chi connectivity index (χ0) is 20.8. The van der Waals surface area contributed by atoms with Gasteiger partial charge in [-0.25, -0.2) is 4.68 Å². The molecule has 0 aliphatic heterocycles. The van der Waals surface area contributed by atoms with Crippen molar-refractivity contribution >= 4 is 16.7 Å². The van der Waals surface area contributed by atoms with E-state index in [-0.39, 0.29) is 17.7 Å². The Morgan fingerprint density at radius 2 is 1.73 bits per heavy atom. The summed E-state index contributed by atoms with van der Waals surface area (Å²) in [6, 6.07) is 14.0. The van der Waals surface area contributed by atoms with Gasteiger partial charge in [0.05, 0.1) is 17.6 Å². The van der Waals surface area contributed by atoms with Gasteiger partial charge in [0, 0.05) is 34.8 Å². The molecule has 1 atom stereocenters. The largest absolute Gasteiger partial charge is 0.353 e. The topological polar surface area (TPSA) is 68.9 Å². The molecule has 1 saturated carbocycles. The minimum absolute atomic E-state index is 0.0259. The van der Waals surface area contributed by atoms with Gasteiger partial charge in [-0.1, -0.05) is 43.9 Å². The van der Waals surface area contributed by atoms with E-state index in [9.17, 15) is 9.00 Å². The van der Waals surface area contributed by atoms with Crippen LogP contribution in [0.25, 0.3) is 11.5 Å². The van der Waals surface area contributed by atoms with Crippen molar-refractivity contribution in [1.82, 2.24) is 19.7 Å². The van der Waals surface area contributed by atoms with E-state index in [0.717, 1.165) is 42.8 Å². The van der Waals surface area contributed by atoms with Gasteiger partial charge in [0.1, 0.15) is 11.6 Å². The molecule has 7 heteroatoms. The van der Waals surface area contributed by atoms with E-state index in [1.54, 1.807) is 6.20 Å². The molecule has 0 spiro atoms. The first-order valence-corrected chi connectivity index (χ1v) is 12.1. The monoisotopic (exact) mass is 424 g/mol. The fraction of sp³-hybridized carbons (Fsp3) is 0.391. The highest BCUT2D eigenvalue weighted by atomic mass is 32.2. The molecule has 2 aromatic heterocycles. The maximum atomic E-state index is 12.8. The molecule has 4 rings (SSSR count). The molecular weight excluding hydrogens is 396 g/mol. The average molecular weight is 425 g/mol. The van der Waals surface area contributed by atoms with Crippen molar-refractivity contribution < 1.29 is 9.00 Å². The van der Waals surface area contributed by atoms with Crippen LogP contribution < -0.4 is 5.32 Å². The van der Waals surface area contributed by atoms with Gasteiger partial charge in [-0.15, -0.1) is 0 Å². The maximum absolute atomic E-state index is 12.8. The van der Waals surface area contributed by atoms with Crippen LogP contribution in [0.3, 0.4) is 0 Å². The highest BCUT2D eigenvalue weighted by Gasteiger charge is 2.19. The van der Waals surface area contributed by atoms with Gasteiger partial charge in [0.25, 0.3) is 0 Å². The van der Waals surface area contributed by atoms with Crippen LogP contribution in [0.4, 0.5) is 0 Å². The van der Waals surface area contributed by atoms with E-state index in [2.05, 4.69) is 10.4 Å². The van der Waals surface area contributed by atoms with E-state index in [0.29, 0.717) is 5.75 Å². The van der Waals surface area contributed by atoms with Crippen LogP contribution >= 0.6 is 0 Å². The van der Waals surface area contributed by atoms with Crippen molar-refractivity contribution in [3.05, 3.63) is 66.6 Å². The third-order valence-electron chi connectivity index (χ3n) is 5.50. The lowest BCUT2D eigenvalue weighted by molar-refractivity contribution is -0.119. The van der Waals surface area contributed by atoms with Crippen molar-refractivity contribution in [1.29, 1.82) is 0 Å². The average Bonchev–Trinajstić information content (AvgIpc) is 3.33. The Morgan fingerprint density at radius 1 is 1.03 bits per heavy atom. The molecule has 0 radical (unpaired) electrons. The van der Waals surface area contributed by atoms with Gasteiger partial charge >= 0.3 is 0 Å². The molecular formula is C23H28N4O2S. The number of hydrogen-bond acceptors (Lipinski definition) is 3. The Hall–Kier alpha value is -2.67. The molecule has 1 aliphatic carbocycles. The van der Waals surface area contributed by atoms with Gasteiger partial charge in [0.15, 0.2) is 0 Å². The van der Waals surface area contributed by atoms with Crippen LogP contribution in [0.5, 0.6) is 0 Å². The van der Waals surface area contributed by atoms with Crippen molar-refractivity contribution in [3.63, 3.8) is 0 Å². The fourth-order valence-corrected chi connectivity index (χ4v) is 5.08. The van der Waals surface area contributed by atoms with E-state index in [4.69, 9.17) is 0 Å². The molecule has 3 aromatic rings. The van der Waals surface area contributed by atoms with Crippen LogP contribution in [0.15, 0.2) is 61.1 Å². The van der Waals surface area contributed by atoms with Crippen molar-refractivity contribution in [2.75, 3.05) is 5.75 Å². The first-order valence-electron chi connectivity index (χ1n) is 10.6. The first-order chi connectivity index (χ1) is 14.7. The SMILES string of the molecule is O=C(C[S@](=O)Cc1cnn(-c2ccccc2)c1-n1cccc1)NC1CCCCCC1. The highest BCUT2D eigenvalue weighted by molar-refractivity contribution is 7.84. The predicted molar refractivity (Wildman–Crippen MR) is 119 cm³/mol. The zero-order valence-corrected chi connectivity index (χ0v) is 17.9. The number of rotatable bonds is 7. The Morgan fingerprint density at radius 3 is 2.43 bits per heavy atom. The Kier molecular flexibility index (Phi) is 6.79. The quantitative estimate of drug-likeness (QED) is 0.587. The highest BCUT2D eigenvalue weighted by Crippen LogP contribution is 2.21. The van der Waals surface area contributed by atoms with Gasteiger partial charge in [-0.2, -0.15) is 5.10 Å². The Bertz CT molecular complexity index is 974. The summed E-state index contributed by atoms with van der Waals surface area (Å²) < 4.78 is 16.6. The predicted octanol–water partition coefficient (Wildman–Crippen LogP) is 3.75. The Balaban J connectivity index is 1.47. The summed E-state index contributed by atoms with van der Waals surface area (Å²) in [6.45, 7) is 0. The lowest BCUT2D eigenvalue weighted by Gasteiger charge is -2.16. The smallest absolute Gasteiger partial charge is 0.232 e. The minimum atomic E-state index is -1.30. The van der Waals surface area contributed by atoms with E-state index in [1.807, 2.05) is 64.1 Å². The summed E-state index contributed by atoms with van der Waals surface area (Å²) >= 11 is 0. The number of nitrogens with one attached hydrogen (secondary N) is 1.